The Bertz CT molecular complexity index is 599. The van der Waals surface area contributed by atoms with Gasteiger partial charge in [0.15, 0.2) is 0 Å². The summed E-state index contributed by atoms with van der Waals surface area (Å²) in [7, 11) is 0. The van der Waals surface area contributed by atoms with Crippen LogP contribution >= 0.6 is 0 Å². The van der Waals surface area contributed by atoms with Gasteiger partial charge in [-0.25, -0.2) is 4.39 Å². The number of amides is 1. The normalized spacial score (nSPS) is 9.74. The zero-order valence-electron chi connectivity index (χ0n) is 10.1. The van der Waals surface area contributed by atoms with Crippen molar-refractivity contribution in [3.05, 3.63) is 72.3 Å². The molecular weight excluding hydrogens is 245 g/mol. The van der Waals surface area contributed by atoms with Gasteiger partial charge in [0, 0.05) is 11.8 Å². The highest BCUT2D eigenvalue weighted by Gasteiger charge is 2.08. The van der Waals surface area contributed by atoms with Crippen LogP contribution in [0.25, 0.3) is 5.70 Å². The van der Waals surface area contributed by atoms with Gasteiger partial charge in [-0.15, -0.1) is 0 Å². The molecule has 1 aromatic carbocycles. The molecule has 19 heavy (non-hydrogen) atoms. The summed E-state index contributed by atoms with van der Waals surface area (Å²) in [5, 5.41) is 0. The molecule has 1 heterocycles. The van der Waals surface area contributed by atoms with E-state index < -0.39 is 11.7 Å². The smallest absolute Gasteiger partial charge is 0.288 e. The Labute approximate surface area is 110 Å². The largest absolute Gasteiger partial charge is 0.298 e. The van der Waals surface area contributed by atoms with Crippen LogP contribution in [0.1, 0.15) is 16.1 Å². The minimum atomic E-state index is -0.418. The number of rotatable bonds is 4. The highest BCUT2D eigenvalue weighted by Crippen LogP contribution is 2.12. The van der Waals surface area contributed by atoms with E-state index in [2.05, 4.69) is 22.4 Å². The van der Waals surface area contributed by atoms with Gasteiger partial charge in [-0.2, -0.15) is 0 Å². The third-order valence-electron chi connectivity index (χ3n) is 2.42. The standard InChI is InChI=1S/C14H12FN3O/c1-10(11-6-2-3-7-12(11)15)17-18-14(19)13-8-4-5-9-16-13/h2-9,17H,1H2,(H,18,19). The molecule has 1 aromatic heterocycles. The first kappa shape index (κ1) is 12.8. The third-order valence-corrected chi connectivity index (χ3v) is 2.42. The van der Waals surface area contributed by atoms with E-state index in [1.165, 1.54) is 12.3 Å². The molecule has 2 rings (SSSR count). The molecule has 0 atom stereocenters. The van der Waals surface area contributed by atoms with E-state index in [4.69, 9.17) is 0 Å². The van der Waals surface area contributed by atoms with Crippen LogP contribution in [0, 0.1) is 5.82 Å². The van der Waals surface area contributed by atoms with Gasteiger partial charge in [-0.1, -0.05) is 24.8 Å². The number of hydrogen-bond acceptors (Lipinski definition) is 3. The molecule has 0 radical (unpaired) electrons. The fourth-order valence-corrected chi connectivity index (χ4v) is 1.47. The van der Waals surface area contributed by atoms with Crippen LogP contribution in [0.15, 0.2) is 55.2 Å². The number of hydrogen-bond donors (Lipinski definition) is 2. The lowest BCUT2D eigenvalue weighted by atomic mass is 10.2. The Hall–Kier alpha value is -2.69. The Morgan fingerprint density at radius 1 is 1.11 bits per heavy atom. The van der Waals surface area contributed by atoms with E-state index in [9.17, 15) is 9.18 Å². The number of hydrazine groups is 1. The number of pyridine rings is 1. The van der Waals surface area contributed by atoms with Gasteiger partial charge < -0.3 is 0 Å². The molecule has 0 aliphatic carbocycles. The van der Waals surface area contributed by atoms with E-state index >= 15 is 0 Å². The van der Waals surface area contributed by atoms with Crippen LogP contribution in [-0.2, 0) is 0 Å². The van der Waals surface area contributed by atoms with Crippen molar-refractivity contribution in [2.45, 2.75) is 0 Å². The second-order valence-corrected chi connectivity index (χ2v) is 3.75. The number of halogens is 1. The summed E-state index contributed by atoms with van der Waals surface area (Å²) < 4.78 is 13.5. The Balaban J connectivity index is 1.98. The highest BCUT2D eigenvalue weighted by atomic mass is 19.1. The summed E-state index contributed by atoms with van der Waals surface area (Å²) in [5.74, 6) is -0.829. The monoisotopic (exact) mass is 257 g/mol. The van der Waals surface area contributed by atoms with Crippen LogP contribution < -0.4 is 10.9 Å². The lowest BCUT2D eigenvalue weighted by Gasteiger charge is -2.11. The SMILES string of the molecule is C=C(NNC(=O)c1ccccn1)c1ccccc1F. The molecular formula is C14H12FN3O. The van der Waals surface area contributed by atoms with Gasteiger partial charge in [-0.05, 0) is 24.3 Å². The molecule has 2 N–H and O–H groups in total. The van der Waals surface area contributed by atoms with E-state index in [1.54, 1.807) is 36.4 Å². The molecule has 0 aliphatic heterocycles. The first-order valence-electron chi connectivity index (χ1n) is 5.59. The molecule has 2 aromatic rings. The molecule has 5 heteroatoms. The number of carbonyl (C=O) groups excluding carboxylic acids is 1. The first-order chi connectivity index (χ1) is 9.18. The average Bonchev–Trinajstić information content (AvgIpc) is 2.46. The summed E-state index contributed by atoms with van der Waals surface area (Å²) in [6.45, 7) is 3.67. The zero-order chi connectivity index (χ0) is 13.7. The predicted octanol–water partition coefficient (Wildman–Crippen LogP) is 2.13. The van der Waals surface area contributed by atoms with E-state index in [0.29, 0.717) is 5.56 Å². The van der Waals surface area contributed by atoms with Crippen LogP contribution in [0.2, 0.25) is 0 Å². The van der Waals surface area contributed by atoms with Crippen molar-refractivity contribution in [1.29, 1.82) is 0 Å². The Morgan fingerprint density at radius 3 is 2.53 bits per heavy atom. The molecule has 0 aliphatic rings. The number of nitrogens with zero attached hydrogens (tertiary/aromatic N) is 1. The lowest BCUT2D eigenvalue weighted by Crippen LogP contribution is -2.36. The number of nitrogens with one attached hydrogen (secondary N) is 2. The zero-order valence-corrected chi connectivity index (χ0v) is 10.1. The van der Waals surface area contributed by atoms with Crippen molar-refractivity contribution < 1.29 is 9.18 Å². The maximum atomic E-state index is 13.5. The summed E-state index contributed by atoms with van der Waals surface area (Å²) in [6, 6.07) is 11.1. The number of benzene rings is 1. The molecule has 4 nitrogen and oxygen atoms in total. The van der Waals surface area contributed by atoms with Gasteiger partial charge in [0.1, 0.15) is 11.5 Å². The molecule has 0 unspecified atom stereocenters. The van der Waals surface area contributed by atoms with Gasteiger partial charge in [0.2, 0.25) is 0 Å². The summed E-state index contributed by atoms with van der Waals surface area (Å²) in [5.41, 5.74) is 5.79. The van der Waals surface area contributed by atoms with Gasteiger partial charge in [0.25, 0.3) is 5.91 Å². The minimum absolute atomic E-state index is 0.260. The molecule has 1 amide bonds. The molecule has 0 bridgehead atoms. The Kier molecular flexibility index (Phi) is 3.87. The van der Waals surface area contributed by atoms with E-state index in [0.717, 1.165) is 0 Å². The maximum absolute atomic E-state index is 13.5. The molecule has 0 saturated heterocycles. The fraction of sp³-hybridized carbons (Fsp3) is 0. The van der Waals surface area contributed by atoms with Gasteiger partial charge >= 0.3 is 0 Å². The molecule has 0 saturated carbocycles. The van der Waals surface area contributed by atoms with E-state index in [1.807, 2.05) is 0 Å². The first-order valence-corrected chi connectivity index (χ1v) is 5.59. The molecule has 0 fully saturated rings. The minimum Gasteiger partial charge on any atom is -0.298 e. The van der Waals surface area contributed by atoms with Crippen molar-refractivity contribution in [3.63, 3.8) is 0 Å². The van der Waals surface area contributed by atoms with Crippen LogP contribution in [-0.4, -0.2) is 10.9 Å². The lowest BCUT2D eigenvalue weighted by molar-refractivity contribution is 0.0937. The molecule has 96 valence electrons. The second-order valence-electron chi connectivity index (χ2n) is 3.75. The van der Waals surface area contributed by atoms with Crippen LogP contribution in [0.3, 0.4) is 0 Å². The van der Waals surface area contributed by atoms with Crippen molar-refractivity contribution in [3.8, 4) is 0 Å². The quantitative estimate of drug-likeness (QED) is 0.825. The third kappa shape index (κ3) is 3.16. The second kappa shape index (κ2) is 5.77. The van der Waals surface area contributed by atoms with Crippen LogP contribution in [0.4, 0.5) is 4.39 Å². The topological polar surface area (TPSA) is 54.0 Å². The molecule has 0 spiro atoms. The van der Waals surface area contributed by atoms with Crippen molar-refractivity contribution >= 4 is 11.6 Å². The number of aromatic nitrogens is 1. The summed E-state index contributed by atoms with van der Waals surface area (Å²) in [4.78, 5) is 15.6. The Morgan fingerprint density at radius 2 is 1.84 bits per heavy atom. The average molecular weight is 257 g/mol. The van der Waals surface area contributed by atoms with E-state index in [-0.39, 0.29) is 11.4 Å². The fourth-order valence-electron chi connectivity index (χ4n) is 1.47. The highest BCUT2D eigenvalue weighted by molar-refractivity contribution is 5.92. The van der Waals surface area contributed by atoms with Crippen LogP contribution in [0.5, 0.6) is 0 Å². The maximum Gasteiger partial charge on any atom is 0.288 e. The van der Waals surface area contributed by atoms with Gasteiger partial charge in [-0.3, -0.25) is 20.6 Å². The summed E-state index contributed by atoms with van der Waals surface area (Å²) >= 11 is 0. The van der Waals surface area contributed by atoms with Crippen molar-refractivity contribution in [1.82, 2.24) is 15.8 Å². The number of carbonyl (C=O) groups is 1. The summed E-state index contributed by atoms with van der Waals surface area (Å²) in [6.07, 6.45) is 1.51. The van der Waals surface area contributed by atoms with Crippen molar-refractivity contribution in [2.75, 3.05) is 0 Å². The van der Waals surface area contributed by atoms with Gasteiger partial charge in [0.05, 0.1) is 5.70 Å². The predicted molar refractivity (Wildman–Crippen MR) is 70.3 cm³/mol. The van der Waals surface area contributed by atoms with Crippen molar-refractivity contribution in [2.24, 2.45) is 0 Å².